The van der Waals surface area contributed by atoms with E-state index in [9.17, 15) is 4.79 Å². The molecule has 1 atom stereocenters. The zero-order valence-electron chi connectivity index (χ0n) is 9.16. The number of aromatic carboxylic acids is 1. The van der Waals surface area contributed by atoms with Crippen molar-refractivity contribution in [3.8, 4) is 0 Å². The zero-order valence-corrected chi connectivity index (χ0v) is 9.91. The van der Waals surface area contributed by atoms with Gasteiger partial charge in [0.15, 0.2) is 0 Å². The van der Waals surface area contributed by atoms with E-state index < -0.39 is 5.97 Å². The van der Waals surface area contributed by atoms with Gasteiger partial charge in [-0.1, -0.05) is 17.7 Å². The monoisotopic (exact) mass is 243 g/mol. The average Bonchev–Trinajstić information content (AvgIpc) is 2.25. The van der Waals surface area contributed by atoms with Gasteiger partial charge in [0.25, 0.3) is 0 Å². The molecule has 5 heteroatoms. The van der Waals surface area contributed by atoms with Crippen molar-refractivity contribution in [1.29, 1.82) is 0 Å². The van der Waals surface area contributed by atoms with Crippen molar-refractivity contribution >= 4 is 23.3 Å². The molecule has 0 spiro atoms. The molecule has 16 heavy (non-hydrogen) atoms. The average molecular weight is 244 g/mol. The number of methoxy groups -OCH3 is 1. The van der Waals surface area contributed by atoms with Crippen molar-refractivity contribution in [3.05, 3.63) is 28.8 Å². The number of carboxylic acid groups (broad SMARTS) is 1. The van der Waals surface area contributed by atoms with Gasteiger partial charge in [-0.05, 0) is 19.1 Å². The van der Waals surface area contributed by atoms with E-state index in [1.54, 1.807) is 25.3 Å². The summed E-state index contributed by atoms with van der Waals surface area (Å²) in [5.74, 6) is -1.04. The number of ether oxygens (including phenoxy) is 1. The molecule has 1 unspecified atom stereocenters. The van der Waals surface area contributed by atoms with Crippen LogP contribution < -0.4 is 5.32 Å². The molecule has 0 aromatic heterocycles. The van der Waals surface area contributed by atoms with E-state index in [2.05, 4.69) is 5.32 Å². The molecule has 0 saturated heterocycles. The molecule has 0 aliphatic carbocycles. The normalized spacial score (nSPS) is 12.2. The molecule has 88 valence electrons. The van der Waals surface area contributed by atoms with Crippen LogP contribution in [0.2, 0.25) is 5.02 Å². The van der Waals surface area contributed by atoms with Crippen molar-refractivity contribution < 1.29 is 14.6 Å². The second kappa shape index (κ2) is 5.72. The van der Waals surface area contributed by atoms with Crippen LogP contribution in [-0.4, -0.2) is 30.8 Å². The topological polar surface area (TPSA) is 58.6 Å². The highest BCUT2D eigenvalue weighted by atomic mass is 35.5. The fraction of sp³-hybridized carbons (Fsp3) is 0.364. The Labute approximate surface area is 99.2 Å². The Kier molecular flexibility index (Phi) is 4.58. The molecule has 4 nitrogen and oxygen atoms in total. The van der Waals surface area contributed by atoms with Crippen LogP contribution in [0.4, 0.5) is 5.69 Å². The number of carboxylic acids is 1. The van der Waals surface area contributed by atoms with Crippen LogP contribution in [0.1, 0.15) is 17.3 Å². The Morgan fingerprint density at radius 3 is 2.88 bits per heavy atom. The number of halogens is 1. The number of carbonyl (C=O) groups is 1. The van der Waals surface area contributed by atoms with E-state index >= 15 is 0 Å². The highest BCUT2D eigenvalue weighted by Crippen LogP contribution is 2.24. The first-order valence-corrected chi connectivity index (χ1v) is 5.22. The lowest BCUT2D eigenvalue weighted by Crippen LogP contribution is -2.19. The van der Waals surface area contributed by atoms with E-state index in [-0.39, 0.29) is 16.7 Å². The lowest BCUT2D eigenvalue weighted by molar-refractivity contribution is 0.0698. The van der Waals surface area contributed by atoms with Gasteiger partial charge in [0, 0.05) is 13.7 Å². The molecule has 0 radical (unpaired) electrons. The summed E-state index contributed by atoms with van der Waals surface area (Å²) in [4.78, 5) is 11.0. The summed E-state index contributed by atoms with van der Waals surface area (Å²) in [5, 5.41) is 12.2. The summed E-state index contributed by atoms with van der Waals surface area (Å²) in [7, 11) is 1.60. The Bertz CT molecular complexity index is 381. The van der Waals surface area contributed by atoms with Gasteiger partial charge < -0.3 is 15.2 Å². The molecule has 1 aromatic rings. The van der Waals surface area contributed by atoms with E-state index in [1.807, 2.05) is 6.92 Å². The van der Waals surface area contributed by atoms with Gasteiger partial charge in [-0.25, -0.2) is 4.79 Å². The van der Waals surface area contributed by atoms with Crippen LogP contribution in [0.5, 0.6) is 0 Å². The number of hydrogen-bond acceptors (Lipinski definition) is 3. The number of hydrogen-bond donors (Lipinski definition) is 2. The maximum atomic E-state index is 11.0. The molecule has 0 bridgehead atoms. The third-order valence-corrected chi connectivity index (χ3v) is 2.52. The maximum absolute atomic E-state index is 11.0. The standard InChI is InChI=1S/C11H14ClNO3/c1-7(16-2)6-13-9-5-3-4-8(12)10(9)11(14)15/h3-5,7,13H,6H2,1-2H3,(H,14,15). The minimum atomic E-state index is -1.04. The molecule has 1 aromatic carbocycles. The Morgan fingerprint density at radius 2 is 2.31 bits per heavy atom. The van der Waals surface area contributed by atoms with Crippen LogP contribution >= 0.6 is 11.6 Å². The summed E-state index contributed by atoms with van der Waals surface area (Å²) in [6, 6.07) is 4.93. The molecule has 0 heterocycles. The van der Waals surface area contributed by atoms with Crippen LogP contribution in [0.15, 0.2) is 18.2 Å². The van der Waals surface area contributed by atoms with Crippen molar-refractivity contribution in [1.82, 2.24) is 0 Å². The molecule has 0 amide bonds. The van der Waals surface area contributed by atoms with Crippen molar-refractivity contribution in [2.45, 2.75) is 13.0 Å². The summed E-state index contributed by atoms with van der Waals surface area (Å²) >= 11 is 5.82. The molecule has 0 saturated carbocycles. The first-order chi connectivity index (χ1) is 7.56. The van der Waals surface area contributed by atoms with Gasteiger partial charge in [-0.3, -0.25) is 0 Å². The highest BCUT2D eigenvalue weighted by Gasteiger charge is 2.14. The van der Waals surface area contributed by atoms with Crippen LogP contribution in [0.25, 0.3) is 0 Å². The van der Waals surface area contributed by atoms with Gasteiger partial charge in [-0.2, -0.15) is 0 Å². The molecule has 0 aliphatic heterocycles. The lowest BCUT2D eigenvalue weighted by Gasteiger charge is -2.14. The van der Waals surface area contributed by atoms with Gasteiger partial charge in [0.05, 0.1) is 16.8 Å². The van der Waals surface area contributed by atoms with E-state index in [0.29, 0.717) is 12.2 Å². The largest absolute Gasteiger partial charge is 0.478 e. The molecule has 1 rings (SSSR count). The predicted octanol–water partition coefficient (Wildman–Crippen LogP) is 2.49. The molecular formula is C11H14ClNO3. The maximum Gasteiger partial charge on any atom is 0.339 e. The first-order valence-electron chi connectivity index (χ1n) is 4.84. The second-order valence-corrected chi connectivity index (χ2v) is 3.80. The fourth-order valence-electron chi connectivity index (χ4n) is 1.23. The van der Waals surface area contributed by atoms with Gasteiger partial charge in [0.1, 0.15) is 5.56 Å². The summed E-state index contributed by atoms with van der Waals surface area (Å²) in [6.07, 6.45) is 0.000580. The van der Waals surface area contributed by atoms with Crippen LogP contribution in [-0.2, 0) is 4.74 Å². The summed E-state index contributed by atoms with van der Waals surface area (Å²) < 4.78 is 5.06. The Balaban J connectivity index is 2.87. The van der Waals surface area contributed by atoms with Crippen molar-refractivity contribution in [3.63, 3.8) is 0 Å². The molecule has 0 aliphatic rings. The van der Waals surface area contributed by atoms with Crippen LogP contribution in [0.3, 0.4) is 0 Å². The third kappa shape index (κ3) is 3.12. The van der Waals surface area contributed by atoms with Gasteiger partial charge in [0.2, 0.25) is 0 Å². The van der Waals surface area contributed by atoms with E-state index in [4.69, 9.17) is 21.4 Å². The smallest absolute Gasteiger partial charge is 0.339 e. The number of benzene rings is 1. The van der Waals surface area contributed by atoms with E-state index in [1.165, 1.54) is 0 Å². The minimum absolute atomic E-state index is 0.000580. The minimum Gasteiger partial charge on any atom is -0.478 e. The van der Waals surface area contributed by atoms with Crippen molar-refractivity contribution in [2.24, 2.45) is 0 Å². The zero-order chi connectivity index (χ0) is 12.1. The molecule has 2 N–H and O–H groups in total. The fourth-order valence-corrected chi connectivity index (χ4v) is 1.48. The number of nitrogens with one attached hydrogen (secondary N) is 1. The summed E-state index contributed by atoms with van der Waals surface area (Å²) in [5.41, 5.74) is 0.594. The summed E-state index contributed by atoms with van der Waals surface area (Å²) in [6.45, 7) is 2.41. The first kappa shape index (κ1) is 12.8. The molecular weight excluding hydrogens is 230 g/mol. The quantitative estimate of drug-likeness (QED) is 0.834. The second-order valence-electron chi connectivity index (χ2n) is 3.39. The Morgan fingerprint density at radius 1 is 1.62 bits per heavy atom. The Hall–Kier alpha value is -1.26. The predicted molar refractivity (Wildman–Crippen MR) is 63.4 cm³/mol. The van der Waals surface area contributed by atoms with Gasteiger partial charge >= 0.3 is 5.97 Å². The number of anilines is 1. The number of rotatable bonds is 5. The van der Waals surface area contributed by atoms with Crippen LogP contribution in [0, 0.1) is 0 Å². The van der Waals surface area contributed by atoms with E-state index in [0.717, 1.165) is 0 Å². The lowest BCUT2D eigenvalue weighted by atomic mass is 10.1. The molecule has 0 fully saturated rings. The highest BCUT2D eigenvalue weighted by molar-refractivity contribution is 6.34. The van der Waals surface area contributed by atoms with Crippen molar-refractivity contribution in [2.75, 3.05) is 19.0 Å². The SMILES string of the molecule is COC(C)CNc1cccc(Cl)c1C(=O)O. The third-order valence-electron chi connectivity index (χ3n) is 2.21. The van der Waals surface area contributed by atoms with Gasteiger partial charge in [-0.15, -0.1) is 0 Å².